The lowest BCUT2D eigenvalue weighted by atomic mass is 9.49. The van der Waals surface area contributed by atoms with E-state index in [1.807, 2.05) is 0 Å². The third kappa shape index (κ3) is 10.6. The van der Waals surface area contributed by atoms with E-state index < -0.39 is 199 Å². The van der Waals surface area contributed by atoms with Crippen LogP contribution >= 0.6 is 0 Å². The molecule has 24 nitrogen and oxygen atoms in total. The fourth-order valence-corrected chi connectivity index (χ4v) is 13.1. The zero-order chi connectivity index (χ0) is 55.9. The number of aromatic hydroxyl groups is 1. The fraction of sp³-hybridized carbons (Fsp3) is 0.792. The van der Waals surface area contributed by atoms with E-state index in [2.05, 4.69) is 0 Å². The van der Waals surface area contributed by atoms with Crippen molar-refractivity contribution in [2.75, 3.05) is 14.2 Å². The van der Waals surface area contributed by atoms with Crippen molar-refractivity contribution in [2.24, 2.45) is 11.8 Å². The molecule has 9 N–H and O–H groups in total. The average molecular weight is 1100 g/mol. The molecule has 9 rings (SSSR count). The lowest BCUT2D eigenvalue weighted by Gasteiger charge is -2.62. The highest BCUT2D eigenvalue weighted by Crippen LogP contribution is 2.58. The lowest BCUT2D eigenvalue weighted by Crippen LogP contribution is -2.81. The number of carbonyl (C=O) groups is 3. The van der Waals surface area contributed by atoms with Crippen molar-refractivity contribution in [1.29, 1.82) is 0 Å². The summed E-state index contributed by atoms with van der Waals surface area (Å²) in [5.41, 5.74) is -5.89. The van der Waals surface area contributed by atoms with E-state index in [1.54, 1.807) is 41.5 Å². The first kappa shape index (κ1) is 58.5. The highest BCUT2D eigenvalue weighted by Gasteiger charge is 2.76. The quantitative estimate of drug-likeness (QED) is 0.0974. The van der Waals surface area contributed by atoms with Crippen molar-refractivity contribution in [2.45, 2.75) is 239 Å². The summed E-state index contributed by atoms with van der Waals surface area (Å²) in [6, 6.07) is 2.62. The second-order valence-corrected chi connectivity index (χ2v) is 22.3. The molecule has 8 aliphatic rings. The molecule has 0 spiro atoms. The number of methoxy groups -OCH3 is 2. The Morgan fingerprint density at radius 3 is 1.68 bits per heavy atom. The highest BCUT2D eigenvalue weighted by atomic mass is 16.7. The summed E-state index contributed by atoms with van der Waals surface area (Å²) < 4.78 is 71.7. The molecule has 27 unspecified atom stereocenters. The normalized spacial score (nSPS) is 48.3. The van der Waals surface area contributed by atoms with Crippen LogP contribution in [0.5, 0.6) is 5.75 Å². The molecule has 0 amide bonds. The van der Waals surface area contributed by atoms with Gasteiger partial charge in [-0.05, 0) is 41.5 Å². The Balaban J connectivity index is 0.917. The summed E-state index contributed by atoms with van der Waals surface area (Å²) in [7, 11) is 2.87. The minimum absolute atomic E-state index is 0.00449. The largest absolute Gasteiger partial charge is 0.507 e. The average Bonchev–Trinajstić information content (AvgIpc) is 3.55. The molecule has 1 aromatic rings. The van der Waals surface area contributed by atoms with Crippen molar-refractivity contribution in [1.82, 2.24) is 0 Å². The molecule has 5 heterocycles. The number of phenols is 1. The van der Waals surface area contributed by atoms with Gasteiger partial charge in [-0.3, -0.25) is 14.4 Å². The van der Waals surface area contributed by atoms with Crippen molar-refractivity contribution in [3.63, 3.8) is 0 Å². The second-order valence-electron chi connectivity index (χ2n) is 22.3. The SMILES string of the molecule is COC1CC(OC2CC(OC3C(O)CC(OC4CC(c5ccc6c(c5O)C(=O)C5C(O)C(OC(C)=O)C7(O)CC(C)=CC(OC8CC(OC)C(O)C(C)O8)C7(O)C5C6=O)OC(C)C4O)OC3C)OC(C)C2O)OC(C)C1O. The highest BCUT2D eigenvalue weighted by molar-refractivity contribution is 6.18. The van der Waals surface area contributed by atoms with Gasteiger partial charge < -0.3 is 103 Å². The van der Waals surface area contributed by atoms with Crippen LogP contribution in [0, 0.1) is 11.8 Å². The Hall–Kier alpha value is -3.19. The van der Waals surface area contributed by atoms with Crippen LogP contribution in [0.3, 0.4) is 0 Å². The molecular weight excluding hydrogens is 1020 g/mol. The molecule has 1 saturated carbocycles. The maximum absolute atomic E-state index is 15.1. The number of fused-ring (bicyclic) bond motifs is 4. The Morgan fingerprint density at radius 2 is 1.12 bits per heavy atom. The number of phenolic OH excluding ortho intramolecular Hbond substituents is 1. The van der Waals surface area contributed by atoms with Gasteiger partial charge in [-0.15, -0.1) is 0 Å². The Bertz CT molecular complexity index is 2340. The summed E-state index contributed by atoms with van der Waals surface area (Å²) in [4.78, 5) is 42.8. The van der Waals surface area contributed by atoms with Crippen LogP contribution in [0.15, 0.2) is 23.8 Å². The minimum Gasteiger partial charge on any atom is -0.507 e. The number of rotatable bonds is 12. The molecular formula is C53H76O24. The lowest BCUT2D eigenvalue weighted by molar-refractivity contribution is -0.337. The topological polar surface area (TPSA) is 344 Å². The van der Waals surface area contributed by atoms with Crippen molar-refractivity contribution in [3.05, 3.63) is 40.5 Å². The maximum Gasteiger partial charge on any atom is 0.303 e. The zero-order valence-corrected chi connectivity index (χ0v) is 44.6. The first-order chi connectivity index (χ1) is 36.3. The summed E-state index contributed by atoms with van der Waals surface area (Å²) in [5.74, 6) is -7.52. The van der Waals surface area contributed by atoms with Crippen LogP contribution in [0.4, 0.5) is 0 Å². The van der Waals surface area contributed by atoms with Crippen LogP contribution in [-0.2, 0) is 61.6 Å². The number of aliphatic hydroxyl groups excluding tert-OH is 6. The number of hydrogen-bond donors (Lipinski definition) is 9. The predicted octanol–water partition coefficient (Wildman–Crippen LogP) is -0.113. The van der Waals surface area contributed by atoms with Gasteiger partial charge in [0.15, 0.2) is 42.8 Å². The fourth-order valence-electron chi connectivity index (χ4n) is 13.1. The number of esters is 1. The van der Waals surface area contributed by atoms with E-state index in [4.69, 9.17) is 56.8 Å². The van der Waals surface area contributed by atoms with Gasteiger partial charge in [-0.1, -0.05) is 23.8 Å². The van der Waals surface area contributed by atoms with Gasteiger partial charge in [0.25, 0.3) is 0 Å². The molecule has 0 bridgehead atoms. The van der Waals surface area contributed by atoms with Crippen LogP contribution in [0.25, 0.3) is 0 Å². The summed E-state index contributed by atoms with van der Waals surface area (Å²) in [6.45, 7) is 10.8. The number of Topliss-reactive ketones (excluding diaryl/α,β-unsaturated/α-hetero) is 2. The molecule has 0 radical (unpaired) electrons. The molecule has 5 aliphatic heterocycles. The molecule has 0 aromatic heterocycles. The maximum atomic E-state index is 15.1. The van der Waals surface area contributed by atoms with Crippen LogP contribution in [-0.4, -0.2) is 224 Å². The van der Waals surface area contributed by atoms with Crippen molar-refractivity contribution >= 4 is 17.5 Å². The first-order valence-electron chi connectivity index (χ1n) is 26.6. The second kappa shape index (κ2) is 22.6. The molecule has 3 aliphatic carbocycles. The molecule has 27 atom stereocenters. The van der Waals surface area contributed by atoms with E-state index in [9.17, 15) is 50.8 Å². The van der Waals surface area contributed by atoms with Gasteiger partial charge >= 0.3 is 5.97 Å². The number of hydrogen-bond acceptors (Lipinski definition) is 24. The van der Waals surface area contributed by atoms with Crippen LogP contribution in [0.1, 0.15) is 119 Å². The van der Waals surface area contributed by atoms with Gasteiger partial charge in [-0.25, -0.2) is 0 Å². The molecule has 432 valence electrons. The monoisotopic (exact) mass is 1100 g/mol. The van der Waals surface area contributed by atoms with E-state index in [0.29, 0.717) is 5.57 Å². The van der Waals surface area contributed by atoms with E-state index in [0.717, 1.165) is 6.92 Å². The van der Waals surface area contributed by atoms with E-state index >= 15 is 9.59 Å². The number of benzene rings is 1. The predicted molar refractivity (Wildman–Crippen MR) is 258 cm³/mol. The van der Waals surface area contributed by atoms with Gasteiger partial charge in [0.1, 0.15) is 59.7 Å². The Labute approximate surface area is 445 Å². The van der Waals surface area contributed by atoms with Gasteiger partial charge in [0.2, 0.25) is 0 Å². The Kier molecular flexibility index (Phi) is 17.2. The van der Waals surface area contributed by atoms with Crippen LogP contribution in [0.2, 0.25) is 0 Å². The number of ketones is 2. The van der Waals surface area contributed by atoms with E-state index in [-0.39, 0.29) is 43.2 Å². The summed E-state index contributed by atoms with van der Waals surface area (Å²) >= 11 is 0. The van der Waals surface area contributed by atoms with Gasteiger partial charge in [0, 0.05) is 70.8 Å². The number of carbonyl (C=O) groups excluding carboxylic acids is 3. The number of ether oxygens (including phenoxy) is 12. The van der Waals surface area contributed by atoms with Crippen LogP contribution < -0.4 is 0 Å². The standard InChI is InChI=1S/C53H76O24/c1-19-12-34(76-37-16-31(67-9)43(57)22(4)70-37)53(65)41-40(49(63)51(73-25(7)54)52(53,64)18-19)48(62)39-27(47(41)61)11-10-26(46(39)60)29-14-32(44(58)20(2)68-29)74-35-13-28(55)50(24(6)72-35)77-38-17-33(45(59)23(5)71-38)75-36-15-30(66-8)42(56)21(3)69-36/h10-12,20-24,28-38,40-45,49-51,55-60,63-65H,13-18H2,1-9H3. The number of aliphatic hydroxyl groups is 8. The first-order valence-corrected chi connectivity index (χ1v) is 26.6. The van der Waals surface area contributed by atoms with Crippen molar-refractivity contribution < 1.29 is 117 Å². The van der Waals surface area contributed by atoms with Gasteiger partial charge in [-0.2, -0.15) is 0 Å². The van der Waals surface area contributed by atoms with Gasteiger partial charge in [0.05, 0.1) is 84.5 Å². The Morgan fingerprint density at radius 1 is 0.623 bits per heavy atom. The summed E-state index contributed by atoms with van der Waals surface area (Å²) in [6.07, 6.45) is -23.2. The molecule has 24 heteroatoms. The molecule has 6 fully saturated rings. The van der Waals surface area contributed by atoms with Crippen molar-refractivity contribution in [3.8, 4) is 5.75 Å². The smallest absolute Gasteiger partial charge is 0.303 e. The zero-order valence-electron chi connectivity index (χ0n) is 44.6. The molecule has 1 aromatic carbocycles. The van der Waals surface area contributed by atoms with E-state index in [1.165, 1.54) is 32.4 Å². The summed E-state index contributed by atoms with van der Waals surface area (Å²) in [5, 5.41) is 105. The molecule has 5 saturated heterocycles. The minimum atomic E-state index is -2.80. The third-order valence-electron chi connectivity index (χ3n) is 17.2. The molecule has 77 heavy (non-hydrogen) atoms. The third-order valence-corrected chi connectivity index (χ3v) is 17.2.